The van der Waals surface area contributed by atoms with Crippen LogP contribution in [0.5, 0.6) is 0 Å². The molecule has 106 valence electrons. The Labute approximate surface area is 114 Å². The Morgan fingerprint density at radius 3 is 2.55 bits per heavy atom. The zero-order valence-electron chi connectivity index (χ0n) is 11.0. The molecule has 1 heterocycles. The SMILES string of the molecule is CC(CO)(Nc1cnc2cc(F)c(F)cc2n1)C1CC1. The minimum Gasteiger partial charge on any atom is -0.394 e. The van der Waals surface area contributed by atoms with Crippen molar-refractivity contribution in [1.82, 2.24) is 9.97 Å². The number of nitrogens with one attached hydrogen (secondary N) is 1. The molecular weight excluding hydrogens is 264 g/mol. The molecule has 20 heavy (non-hydrogen) atoms. The minimum absolute atomic E-state index is 0.0187. The summed E-state index contributed by atoms with van der Waals surface area (Å²) in [5.74, 6) is -1.04. The number of hydrogen-bond donors (Lipinski definition) is 2. The summed E-state index contributed by atoms with van der Waals surface area (Å²) in [7, 11) is 0. The number of aromatic nitrogens is 2. The second-order valence-corrected chi connectivity index (χ2v) is 5.49. The van der Waals surface area contributed by atoms with Crippen molar-refractivity contribution in [3.05, 3.63) is 30.0 Å². The fourth-order valence-electron chi connectivity index (χ4n) is 2.35. The van der Waals surface area contributed by atoms with Gasteiger partial charge in [-0.05, 0) is 25.7 Å². The lowest BCUT2D eigenvalue weighted by atomic mass is 9.97. The van der Waals surface area contributed by atoms with Crippen molar-refractivity contribution in [2.75, 3.05) is 11.9 Å². The maximum Gasteiger partial charge on any atom is 0.161 e. The molecule has 2 aromatic rings. The third kappa shape index (κ3) is 2.31. The number of anilines is 1. The van der Waals surface area contributed by atoms with Crippen LogP contribution in [0.25, 0.3) is 11.0 Å². The van der Waals surface area contributed by atoms with Crippen molar-refractivity contribution < 1.29 is 13.9 Å². The van der Waals surface area contributed by atoms with Crippen LogP contribution in [0, 0.1) is 17.6 Å². The van der Waals surface area contributed by atoms with E-state index in [9.17, 15) is 13.9 Å². The number of nitrogens with zero attached hydrogens (tertiary/aromatic N) is 2. The van der Waals surface area contributed by atoms with E-state index in [-0.39, 0.29) is 12.1 Å². The molecule has 4 nitrogen and oxygen atoms in total. The predicted molar refractivity (Wildman–Crippen MR) is 71.3 cm³/mol. The molecule has 0 amide bonds. The summed E-state index contributed by atoms with van der Waals surface area (Å²) in [6.45, 7) is 1.90. The molecule has 1 unspecified atom stereocenters. The van der Waals surface area contributed by atoms with E-state index in [0.29, 0.717) is 17.3 Å². The van der Waals surface area contributed by atoms with Crippen LogP contribution in [0.15, 0.2) is 18.3 Å². The fourth-order valence-corrected chi connectivity index (χ4v) is 2.35. The number of hydrogen-bond acceptors (Lipinski definition) is 4. The zero-order chi connectivity index (χ0) is 14.3. The van der Waals surface area contributed by atoms with Crippen molar-refractivity contribution in [3.8, 4) is 0 Å². The molecule has 1 aliphatic carbocycles. The summed E-state index contributed by atoms with van der Waals surface area (Å²) in [6, 6.07) is 2.05. The van der Waals surface area contributed by atoms with E-state index in [1.165, 1.54) is 6.20 Å². The lowest BCUT2D eigenvalue weighted by molar-refractivity contribution is 0.205. The van der Waals surface area contributed by atoms with Crippen molar-refractivity contribution in [1.29, 1.82) is 0 Å². The quantitative estimate of drug-likeness (QED) is 0.902. The Kier molecular flexibility index (Phi) is 3.05. The Morgan fingerprint density at radius 1 is 1.30 bits per heavy atom. The van der Waals surface area contributed by atoms with Crippen LogP contribution in [0.3, 0.4) is 0 Å². The molecule has 0 bridgehead atoms. The third-order valence-corrected chi connectivity index (χ3v) is 3.80. The van der Waals surface area contributed by atoms with E-state index in [0.717, 1.165) is 25.0 Å². The topological polar surface area (TPSA) is 58.0 Å². The molecule has 2 N–H and O–H groups in total. The Balaban J connectivity index is 1.94. The van der Waals surface area contributed by atoms with E-state index in [1.807, 2.05) is 6.92 Å². The molecule has 1 fully saturated rings. The number of fused-ring (bicyclic) bond motifs is 1. The van der Waals surface area contributed by atoms with Crippen molar-refractivity contribution >= 4 is 16.9 Å². The van der Waals surface area contributed by atoms with Crippen LogP contribution >= 0.6 is 0 Å². The lowest BCUT2D eigenvalue weighted by Crippen LogP contribution is -2.41. The number of aliphatic hydroxyl groups excluding tert-OH is 1. The van der Waals surface area contributed by atoms with Gasteiger partial charge in [-0.3, -0.25) is 4.98 Å². The number of benzene rings is 1. The van der Waals surface area contributed by atoms with Crippen molar-refractivity contribution in [2.45, 2.75) is 25.3 Å². The fraction of sp³-hybridized carbons (Fsp3) is 0.429. The highest BCUT2D eigenvalue weighted by Crippen LogP contribution is 2.41. The first-order chi connectivity index (χ1) is 9.51. The normalized spacial score (nSPS) is 18.0. The van der Waals surface area contributed by atoms with Gasteiger partial charge in [-0.2, -0.15) is 0 Å². The van der Waals surface area contributed by atoms with Gasteiger partial charge < -0.3 is 10.4 Å². The number of aliphatic hydroxyl groups is 1. The lowest BCUT2D eigenvalue weighted by Gasteiger charge is -2.29. The first kappa shape index (κ1) is 13.2. The van der Waals surface area contributed by atoms with Gasteiger partial charge in [-0.1, -0.05) is 0 Å². The van der Waals surface area contributed by atoms with E-state index < -0.39 is 17.2 Å². The largest absolute Gasteiger partial charge is 0.394 e. The van der Waals surface area contributed by atoms with Gasteiger partial charge in [0.1, 0.15) is 5.82 Å². The standard InChI is InChI=1S/C14H15F2N3O/c1-14(7-20,8-2-3-8)19-13-6-17-11-4-9(15)10(16)5-12(11)18-13/h4-6,8,20H,2-3,7H2,1H3,(H,18,19). The van der Waals surface area contributed by atoms with Gasteiger partial charge in [-0.25, -0.2) is 13.8 Å². The van der Waals surface area contributed by atoms with Crippen LogP contribution in [-0.2, 0) is 0 Å². The van der Waals surface area contributed by atoms with Crippen LogP contribution in [0.4, 0.5) is 14.6 Å². The van der Waals surface area contributed by atoms with Gasteiger partial charge >= 0.3 is 0 Å². The molecule has 0 aliphatic heterocycles. The van der Waals surface area contributed by atoms with E-state index >= 15 is 0 Å². The van der Waals surface area contributed by atoms with Gasteiger partial charge in [0.15, 0.2) is 11.6 Å². The van der Waals surface area contributed by atoms with Crippen LogP contribution in [0.2, 0.25) is 0 Å². The predicted octanol–water partition coefficient (Wildman–Crippen LogP) is 2.48. The summed E-state index contributed by atoms with van der Waals surface area (Å²) in [5.41, 5.74) is 0.123. The second-order valence-electron chi connectivity index (χ2n) is 5.49. The molecule has 6 heteroatoms. The zero-order valence-corrected chi connectivity index (χ0v) is 11.0. The minimum atomic E-state index is -0.948. The van der Waals surface area contributed by atoms with Crippen LogP contribution < -0.4 is 5.32 Å². The molecule has 1 aliphatic rings. The molecule has 0 spiro atoms. The molecular formula is C14H15F2N3O. The summed E-state index contributed by atoms with van der Waals surface area (Å²) < 4.78 is 26.3. The van der Waals surface area contributed by atoms with E-state index in [4.69, 9.17) is 0 Å². The van der Waals surface area contributed by atoms with Gasteiger partial charge in [0, 0.05) is 12.1 Å². The molecule has 1 aromatic carbocycles. The molecule has 1 aromatic heterocycles. The maximum atomic E-state index is 13.2. The Bertz CT molecular complexity index is 660. The second kappa shape index (κ2) is 4.63. The molecule has 0 saturated heterocycles. The van der Waals surface area contributed by atoms with Gasteiger partial charge in [-0.15, -0.1) is 0 Å². The first-order valence-electron chi connectivity index (χ1n) is 6.53. The first-order valence-corrected chi connectivity index (χ1v) is 6.53. The summed E-state index contributed by atoms with van der Waals surface area (Å²) in [4.78, 5) is 8.30. The van der Waals surface area contributed by atoms with Crippen LogP contribution in [0.1, 0.15) is 19.8 Å². The van der Waals surface area contributed by atoms with Crippen LogP contribution in [-0.4, -0.2) is 27.2 Å². The molecule has 3 rings (SSSR count). The molecule has 0 radical (unpaired) electrons. The van der Waals surface area contributed by atoms with Gasteiger partial charge in [0.05, 0.1) is 29.4 Å². The highest BCUT2D eigenvalue weighted by atomic mass is 19.2. The highest BCUT2D eigenvalue weighted by molar-refractivity contribution is 5.75. The van der Waals surface area contributed by atoms with E-state index in [1.54, 1.807) is 0 Å². The monoisotopic (exact) mass is 279 g/mol. The molecule has 1 saturated carbocycles. The van der Waals surface area contributed by atoms with Gasteiger partial charge in [0.25, 0.3) is 0 Å². The summed E-state index contributed by atoms with van der Waals surface area (Å²) >= 11 is 0. The van der Waals surface area contributed by atoms with Crippen molar-refractivity contribution in [2.24, 2.45) is 5.92 Å². The maximum absolute atomic E-state index is 13.2. The third-order valence-electron chi connectivity index (χ3n) is 3.80. The molecule has 1 atom stereocenters. The van der Waals surface area contributed by atoms with E-state index in [2.05, 4.69) is 15.3 Å². The number of halogens is 2. The summed E-state index contributed by atoms with van der Waals surface area (Å²) in [6.07, 6.45) is 3.59. The number of rotatable bonds is 4. The highest BCUT2D eigenvalue weighted by Gasteiger charge is 2.41. The Morgan fingerprint density at radius 2 is 1.95 bits per heavy atom. The van der Waals surface area contributed by atoms with Crippen molar-refractivity contribution in [3.63, 3.8) is 0 Å². The van der Waals surface area contributed by atoms with Gasteiger partial charge in [0.2, 0.25) is 0 Å². The average Bonchev–Trinajstić information content (AvgIpc) is 3.25. The Hall–Kier alpha value is -1.82. The average molecular weight is 279 g/mol. The smallest absolute Gasteiger partial charge is 0.161 e. The summed E-state index contributed by atoms with van der Waals surface area (Å²) in [5, 5.41) is 12.7.